The van der Waals surface area contributed by atoms with Crippen LogP contribution in [-0.4, -0.2) is 36.4 Å². The molecule has 156 valence electrons. The van der Waals surface area contributed by atoms with Gasteiger partial charge in [-0.15, -0.1) is 0 Å². The van der Waals surface area contributed by atoms with E-state index in [1.54, 1.807) is 14.0 Å². The first-order chi connectivity index (χ1) is 13.7. The van der Waals surface area contributed by atoms with Crippen LogP contribution >= 0.6 is 31.9 Å². The lowest BCUT2D eigenvalue weighted by Gasteiger charge is -2.28. The summed E-state index contributed by atoms with van der Waals surface area (Å²) in [5.74, 6) is 0.505. The van der Waals surface area contributed by atoms with Crippen molar-refractivity contribution >= 4 is 43.7 Å². The molecule has 0 radical (unpaired) electrons. The second kappa shape index (κ2) is 10.8. The van der Waals surface area contributed by atoms with Crippen LogP contribution in [0.5, 0.6) is 5.75 Å². The number of nitrogens with one attached hydrogen (secondary N) is 1. The highest BCUT2D eigenvalue weighted by molar-refractivity contribution is 9.10. The van der Waals surface area contributed by atoms with Crippen molar-refractivity contribution < 1.29 is 14.3 Å². The summed E-state index contributed by atoms with van der Waals surface area (Å²) in [6.45, 7) is 6.10. The fraction of sp³-hybridized carbons (Fsp3) is 0.364. The molecule has 7 heteroatoms. The molecule has 0 spiro atoms. The number of rotatable bonds is 8. The van der Waals surface area contributed by atoms with Gasteiger partial charge in [0.15, 0.2) is 6.61 Å². The topological polar surface area (TPSA) is 58.6 Å². The molecule has 0 aliphatic heterocycles. The molecule has 0 heterocycles. The molecule has 1 atom stereocenters. The van der Waals surface area contributed by atoms with Gasteiger partial charge in [-0.2, -0.15) is 0 Å². The monoisotopic (exact) mass is 524 g/mol. The average Bonchev–Trinajstić information content (AvgIpc) is 2.69. The van der Waals surface area contributed by atoms with Crippen molar-refractivity contribution in [2.75, 3.05) is 13.7 Å². The predicted molar refractivity (Wildman–Crippen MR) is 122 cm³/mol. The molecule has 5 nitrogen and oxygen atoms in total. The Morgan fingerprint density at radius 3 is 2.41 bits per heavy atom. The second-order valence-electron chi connectivity index (χ2n) is 7.08. The minimum Gasteiger partial charge on any atom is -0.483 e. The third-order valence-electron chi connectivity index (χ3n) is 4.63. The fourth-order valence-electron chi connectivity index (χ4n) is 2.84. The van der Waals surface area contributed by atoms with E-state index < -0.39 is 6.04 Å². The van der Waals surface area contributed by atoms with Crippen LogP contribution in [0.15, 0.2) is 51.4 Å². The maximum Gasteiger partial charge on any atom is 0.261 e. The molecule has 0 aliphatic rings. The van der Waals surface area contributed by atoms with Crippen LogP contribution < -0.4 is 10.1 Å². The summed E-state index contributed by atoms with van der Waals surface area (Å²) < 4.78 is 7.48. The molecule has 0 unspecified atom stereocenters. The van der Waals surface area contributed by atoms with E-state index in [1.165, 1.54) is 10.5 Å². The maximum absolute atomic E-state index is 12.9. The van der Waals surface area contributed by atoms with Gasteiger partial charge < -0.3 is 15.0 Å². The minimum atomic E-state index is -0.623. The van der Waals surface area contributed by atoms with Crippen LogP contribution in [0, 0.1) is 0 Å². The first-order valence-electron chi connectivity index (χ1n) is 9.40. The zero-order valence-corrected chi connectivity index (χ0v) is 20.2. The zero-order chi connectivity index (χ0) is 21.6. The van der Waals surface area contributed by atoms with Crippen LogP contribution in [0.4, 0.5) is 0 Å². The van der Waals surface area contributed by atoms with Gasteiger partial charge in [0, 0.05) is 18.1 Å². The van der Waals surface area contributed by atoms with Gasteiger partial charge in [0.1, 0.15) is 11.8 Å². The fourth-order valence-corrected chi connectivity index (χ4v) is 3.80. The Bertz CT molecular complexity index is 871. The van der Waals surface area contributed by atoms with E-state index in [0.29, 0.717) is 18.2 Å². The molecule has 2 aromatic rings. The van der Waals surface area contributed by atoms with Crippen molar-refractivity contribution in [2.24, 2.45) is 0 Å². The minimum absolute atomic E-state index is 0.158. The number of ether oxygens (including phenoxy) is 1. The molecule has 2 aromatic carbocycles. The van der Waals surface area contributed by atoms with Gasteiger partial charge in [0.25, 0.3) is 5.91 Å². The van der Waals surface area contributed by atoms with Crippen molar-refractivity contribution in [2.45, 2.75) is 39.3 Å². The molecule has 0 bridgehead atoms. The summed E-state index contributed by atoms with van der Waals surface area (Å²) in [6.07, 6.45) is 0. The number of benzene rings is 2. The largest absolute Gasteiger partial charge is 0.483 e. The number of likely N-dealkylation sites (N-methyl/N-ethyl adjacent to an activating group) is 1. The lowest BCUT2D eigenvalue weighted by atomic mass is 10.0. The van der Waals surface area contributed by atoms with E-state index >= 15 is 0 Å². The Morgan fingerprint density at radius 1 is 1.10 bits per heavy atom. The average molecular weight is 526 g/mol. The van der Waals surface area contributed by atoms with Crippen LogP contribution in [0.2, 0.25) is 0 Å². The Hall–Kier alpha value is -1.86. The molecule has 2 rings (SSSR count). The molecule has 29 heavy (non-hydrogen) atoms. The zero-order valence-electron chi connectivity index (χ0n) is 17.0. The SMILES string of the molecule is CNC(=O)[C@H](C)N(Cc1cccc(Br)c1)C(=O)COc1ccc(C(C)C)cc1Br. The van der Waals surface area contributed by atoms with E-state index in [1.807, 2.05) is 42.5 Å². The number of carbonyl (C=O) groups excluding carboxylic acids is 2. The van der Waals surface area contributed by atoms with E-state index in [0.717, 1.165) is 14.5 Å². The Kier molecular flexibility index (Phi) is 8.71. The number of hydrogen-bond acceptors (Lipinski definition) is 3. The van der Waals surface area contributed by atoms with Gasteiger partial charge in [0.2, 0.25) is 5.91 Å². The van der Waals surface area contributed by atoms with Crippen LogP contribution in [0.1, 0.15) is 37.8 Å². The van der Waals surface area contributed by atoms with Crippen molar-refractivity contribution in [3.8, 4) is 5.75 Å². The van der Waals surface area contributed by atoms with E-state index in [2.05, 4.69) is 51.0 Å². The van der Waals surface area contributed by atoms with Gasteiger partial charge >= 0.3 is 0 Å². The van der Waals surface area contributed by atoms with E-state index in [-0.39, 0.29) is 18.4 Å². The molecule has 2 amide bonds. The molecule has 0 saturated carbocycles. The van der Waals surface area contributed by atoms with E-state index in [4.69, 9.17) is 4.74 Å². The number of halogens is 2. The summed E-state index contributed by atoms with van der Waals surface area (Å²) in [6, 6.07) is 12.9. The summed E-state index contributed by atoms with van der Waals surface area (Å²) in [5.41, 5.74) is 2.10. The van der Waals surface area contributed by atoms with Gasteiger partial charge in [-0.3, -0.25) is 9.59 Å². The van der Waals surface area contributed by atoms with E-state index in [9.17, 15) is 9.59 Å². The molecule has 0 aromatic heterocycles. The lowest BCUT2D eigenvalue weighted by Crippen LogP contribution is -2.48. The van der Waals surface area contributed by atoms with Crippen LogP contribution in [-0.2, 0) is 16.1 Å². The number of nitrogens with zero attached hydrogens (tertiary/aromatic N) is 1. The highest BCUT2D eigenvalue weighted by atomic mass is 79.9. The van der Waals surface area contributed by atoms with Crippen LogP contribution in [0.3, 0.4) is 0 Å². The van der Waals surface area contributed by atoms with Gasteiger partial charge in [0.05, 0.1) is 4.47 Å². The molecular weight excluding hydrogens is 500 g/mol. The molecular formula is C22H26Br2N2O3. The number of amides is 2. The van der Waals surface area contributed by atoms with Crippen molar-refractivity contribution in [1.82, 2.24) is 10.2 Å². The lowest BCUT2D eigenvalue weighted by molar-refractivity contribution is -0.142. The Labute approximate surface area is 189 Å². The highest BCUT2D eigenvalue weighted by Crippen LogP contribution is 2.29. The number of carbonyl (C=O) groups is 2. The molecule has 0 fully saturated rings. The first kappa shape index (κ1) is 23.4. The van der Waals surface area contributed by atoms with Gasteiger partial charge in [-0.25, -0.2) is 0 Å². The van der Waals surface area contributed by atoms with Gasteiger partial charge in [-0.05, 0) is 64.2 Å². The van der Waals surface area contributed by atoms with Crippen LogP contribution in [0.25, 0.3) is 0 Å². The summed E-state index contributed by atoms with van der Waals surface area (Å²) >= 11 is 6.95. The summed E-state index contributed by atoms with van der Waals surface area (Å²) in [4.78, 5) is 26.7. The molecule has 1 N–H and O–H groups in total. The first-order valence-corrected chi connectivity index (χ1v) is 11.0. The smallest absolute Gasteiger partial charge is 0.261 e. The predicted octanol–water partition coefficient (Wildman–Crippen LogP) is 4.88. The third kappa shape index (κ3) is 6.57. The van der Waals surface area contributed by atoms with Crippen molar-refractivity contribution in [3.05, 3.63) is 62.5 Å². The molecule has 0 aliphatic carbocycles. The van der Waals surface area contributed by atoms with Crippen molar-refractivity contribution in [3.63, 3.8) is 0 Å². The normalized spacial score (nSPS) is 11.8. The highest BCUT2D eigenvalue weighted by Gasteiger charge is 2.26. The number of hydrogen-bond donors (Lipinski definition) is 1. The Morgan fingerprint density at radius 2 is 1.83 bits per heavy atom. The quantitative estimate of drug-likeness (QED) is 0.534. The summed E-state index contributed by atoms with van der Waals surface area (Å²) in [7, 11) is 1.56. The maximum atomic E-state index is 12.9. The standard InChI is InChI=1S/C22H26Br2N2O3/c1-14(2)17-8-9-20(19(24)11-17)29-13-21(27)26(15(3)22(28)25-4)12-16-6-5-7-18(23)10-16/h5-11,14-15H,12-13H2,1-4H3,(H,25,28)/t15-/m0/s1. The van der Waals surface area contributed by atoms with Crippen molar-refractivity contribution in [1.29, 1.82) is 0 Å². The Balaban J connectivity index is 2.15. The second-order valence-corrected chi connectivity index (χ2v) is 8.85. The third-order valence-corrected chi connectivity index (χ3v) is 5.74. The van der Waals surface area contributed by atoms with Gasteiger partial charge in [-0.1, -0.05) is 48.0 Å². The molecule has 0 saturated heterocycles. The summed E-state index contributed by atoms with van der Waals surface area (Å²) in [5, 5.41) is 2.61.